The predicted octanol–water partition coefficient (Wildman–Crippen LogP) is 1.83. The molecule has 2 aromatic rings. The first-order valence-corrected chi connectivity index (χ1v) is 10.9. The van der Waals surface area contributed by atoms with E-state index in [0.717, 1.165) is 11.3 Å². The first-order chi connectivity index (χ1) is 13.9. The molecule has 0 amide bonds. The molecule has 3 rings (SSSR count). The van der Waals surface area contributed by atoms with Gasteiger partial charge in [-0.05, 0) is 43.9 Å². The van der Waals surface area contributed by atoms with E-state index >= 15 is 0 Å². The molecule has 1 N–H and O–H groups in total. The zero-order valence-electron chi connectivity index (χ0n) is 17.0. The SMILES string of the molecule is COc1ccc([C@H](CNc2ccc(S(=O)(=O)N3CCOCC3)cn2)N(C)C)cc1. The van der Waals surface area contributed by atoms with Crippen molar-refractivity contribution in [1.82, 2.24) is 14.2 Å². The molecule has 8 nitrogen and oxygen atoms in total. The van der Waals surface area contributed by atoms with E-state index in [-0.39, 0.29) is 10.9 Å². The van der Waals surface area contributed by atoms with Gasteiger partial charge in [-0.1, -0.05) is 12.1 Å². The van der Waals surface area contributed by atoms with Gasteiger partial charge in [0.15, 0.2) is 0 Å². The van der Waals surface area contributed by atoms with Crippen molar-refractivity contribution in [2.75, 3.05) is 59.4 Å². The van der Waals surface area contributed by atoms with Gasteiger partial charge in [-0.3, -0.25) is 0 Å². The summed E-state index contributed by atoms with van der Waals surface area (Å²) in [4.78, 5) is 6.62. The fourth-order valence-corrected chi connectivity index (χ4v) is 4.55. The standard InChI is InChI=1S/C20H28N4O4S/c1-23(2)19(16-4-6-17(27-3)7-5-16)15-22-20-9-8-18(14-21-20)29(25,26)24-10-12-28-13-11-24/h4-9,14,19H,10-13,15H2,1-3H3,(H,21,22)/t19-/m0/s1. The van der Waals surface area contributed by atoms with E-state index in [1.807, 2.05) is 38.4 Å². The van der Waals surface area contributed by atoms with E-state index in [1.165, 1.54) is 10.5 Å². The van der Waals surface area contributed by atoms with Crippen LogP contribution >= 0.6 is 0 Å². The highest BCUT2D eigenvalue weighted by Gasteiger charge is 2.26. The maximum Gasteiger partial charge on any atom is 0.244 e. The third-order valence-electron chi connectivity index (χ3n) is 4.94. The summed E-state index contributed by atoms with van der Waals surface area (Å²) < 4.78 is 37.3. The topological polar surface area (TPSA) is 84.0 Å². The molecule has 1 aromatic carbocycles. The zero-order chi connectivity index (χ0) is 20.9. The van der Waals surface area contributed by atoms with Crippen LogP contribution in [-0.2, 0) is 14.8 Å². The number of benzene rings is 1. The van der Waals surface area contributed by atoms with Crippen LogP contribution < -0.4 is 10.1 Å². The Labute approximate surface area is 172 Å². The maximum atomic E-state index is 12.7. The average Bonchev–Trinajstić information content (AvgIpc) is 2.75. The lowest BCUT2D eigenvalue weighted by Gasteiger charge is -2.26. The van der Waals surface area contributed by atoms with E-state index in [2.05, 4.69) is 15.2 Å². The number of hydrogen-bond acceptors (Lipinski definition) is 7. The molecule has 0 radical (unpaired) electrons. The first-order valence-electron chi connectivity index (χ1n) is 9.50. The number of ether oxygens (including phenoxy) is 2. The molecule has 29 heavy (non-hydrogen) atoms. The number of hydrogen-bond donors (Lipinski definition) is 1. The molecule has 1 fully saturated rings. The summed E-state index contributed by atoms with van der Waals surface area (Å²) in [6, 6.07) is 11.4. The van der Waals surface area contributed by atoms with Gasteiger partial charge in [0.25, 0.3) is 0 Å². The second-order valence-electron chi connectivity index (χ2n) is 7.03. The summed E-state index contributed by atoms with van der Waals surface area (Å²) in [5.74, 6) is 1.45. The second-order valence-corrected chi connectivity index (χ2v) is 8.97. The van der Waals surface area contributed by atoms with Crippen molar-refractivity contribution in [3.8, 4) is 5.75 Å². The Balaban J connectivity index is 1.66. The molecule has 0 aliphatic carbocycles. The van der Waals surface area contributed by atoms with Crippen molar-refractivity contribution in [2.24, 2.45) is 0 Å². The Morgan fingerprint density at radius 2 is 1.86 bits per heavy atom. The molecule has 1 saturated heterocycles. The largest absolute Gasteiger partial charge is 0.497 e. The fourth-order valence-electron chi connectivity index (χ4n) is 3.20. The van der Waals surface area contributed by atoms with Crippen molar-refractivity contribution in [3.05, 3.63) is 48.2 Å². The van der Waals surface area contributed by atoms with Crippen LogP contribution in [0.5, 0.6) is 5.75 Å². The number of anilines is 1. The first kappa shape index (κ1) is 21.5. The van der Waals surface area contributed by atoms with Crippen LogP contribution in [0.25, 0.3) is 0 Å². The second kappa shape index (κ2) is 9.53. The summed E-state index contributed by atoms with van der Waals surface area (Å²) >= 11 is 0. The van der Waals surface area contributed by atoms with Crippen molar-refractivity contribution in [3.63, 3.8) is 0 Å². The Hall–Kier alpha value is -2.20. The summed E-state index contributed by atoms with van der Waals surface area (Å²) in [5.41, 5.74) is 1.15. The molecular weight excluding hydrogens is 392 g/mol. The summed E-state index contributed by atoms with van der Waals surface area (Å²) in [6.07, 6.45) is 1.41. The minimum Gasteiger partial charge on any atom is -0.497 e. The Morgan fingerprint density at radius 3 is 2.41 bits per heavy atom. The third kappa shape index (κ3) is 5.24. The minimum atomic E-state index is -3.53. The van der Waals surface area contributed by atoms with Gasteiger partial charge in [-0.15, -0.1) is 0 Å². The molecule has 2 heterocycles. The number of likely N-dealkylation sites (N-methyl/N-ethyl adjacent to an activating group) is 1. The van der Waals surface area contributed by atoms with Crippen LogP contribution in [0.2, 0.25) is 0 Å². The Morgan fingerprint density at radius 1 is 1.17 bits per heavy atom. The normalized spacial score (nSPS) is 16.6. The molecule has 1 atom stereocenters. The molecule has 158 valence electrons. The molecule has 9 heteroatoms. The average molecular weight is 421 g/mol. The monoisotopic (exact) mass is 420 g/mol. The van der Waals surface area contributed by atoms with Crippen LogP contribution in [0.4, 0.5) is 5.82 Å². The van der Waals surface area contributed by atoms with E-state index in [9.17, 15) is 8.42 Å². The highest BCUT2D eigenvalue weighted by Crippen LogP contribution is 2.22. The molecule has 0 bridgehead atoms. The van der Waals surface area contributed by atoms with Gasteiger partial charge in [-0.25, -0.2) is 13.4 Å². The predicted molar refractivity (Wildman–Crippen MR) is 112 cm³/mol. The molecule has 0 spiro atoms. The van der Waals surface area contributed by atoms with Crippen molar-refractivity contribution in [1.29, 1.82) is 0 Å². The highest BCUT2D eigenvalue weighted by molar-refractivity contribution is 7.89. The number of aromatic nitrogens is 1. The van der Waals surface area contributed by atoms with Gasteiger partial charge in [0.1, 0.15) is 16.5 Å². The molecule has 0 unspecified atom stereocenters. The molecule has 1 aliphatic heterocycles. The van der Waals surface area contributed by atoms with E-state index in [1.54, 1.807) is 19.2 Å². The number of nitrogens with one attached hydrogen (secondary N) is 1. The van der Waals surface area contributed by atoms with Gasteiger partial charge >= 0.3 is 0 Å². The minimum absolute atomic E-state index is 0.125. The van der Waals surface area contributed by atoms with E-state index in [0.29, 0.717) is 38.7 Å². The van der Waals surface area contributed by atoms with Gasteiger partial charge in [0, 0.05) is 25.8 Å². The van der Waals surface area contributed by atoms with Gasteiger partial charge < -0.3 is 19.7 Å². The number of nitrogens with zero attached hydrogens (tertiary/aromatic N) is 3. The quantitative estimate of drug-likeness (QED) is 0.697. The van der Waals surface area contributed by atoms with Gasteiger partial charge in [0.05, 0.1) is 26.4 Å². The highest BCUT2D eigenvalue weighted by atomic mass is 32.2. The van der Waals surface area contributed by atoms with Crippen LogP contribution in [0.1, 0.15) is 11.6 Å². The smallest absolute Gasteiger partial charge is 0.244 e. The number of sulfonamides is 1. The number of pyridine rings is 1. The van der Waals surface area contributed by atoms with Crippen LogP contribution in [-0.4, -0.2) is 76.7 Å². The van der Waals surface area contributed by atoms with Crippen LogP contribution in [0.3, 0.4) is 0 Å². The molecule has 1 aliphatic rings. The molecule has 0 saturated carbocycles. The fraction of sp³-hybridized carbons (Fsp3) is 0.450. The van der Waals surface area contributed by atoms with Crippen molar-refractivity contribution in [2.45, 2.75) is 10.9 Å². The Kier molecular flexibility index (Phi) is 7.07. The number of methoxy groups -OCH3 is 1. The van der Waals surface area contributed by atoms with Crippen LogP contribution in [0.15, 0.2) is 47.5 Å². The van der Waals surface area contributed by atoms with E-state index < -0.39 is 10.0 Å². The van der Waals surface area contributed by atoms with Gasteiger partial charge in [-0.2, -0.15) is 4.31 Å². The van der Waals surface area contributed by atoms with Crippen LogP contribution in [0, 0.1) is 0 Å². The van der Waals surface area contributed by atoms with Crippen molar-refractivity contribution >= 4 is 15.8 Å². The lowest BCUT2D eigenvalue weighted by atomic mass is 10.1. The Bertz CT molecular complexity index is 880. The molecule has 1 aromatic heterocycles. The summed E-state index contributed by atoms with van der Waals surface area (Å²) in [5, 5.41) is 3.30. The lowest BCUT2D eigenvalue weighted by molar-refractivity contribution is 0.0730. The maximum absolute atomic E-state index is 12.7. The summed E-state index contributed by atoms with van der Waals surface area (Å²) in [6.45, 7) is 2.21. The van der Waals surface area contributed by atoms with Crippen molar-refractivity contribution < 1.29 is 17.9 Å². The number of morpholine rings is 1. The number of rotatable bonds is 8. The lowest BCUT2D eigenvalue weighted by Crippen LogP contribution is -2.40. The third-order valence-corrected chi connectivity index (χ3v) is 6.83. The van der Waals surface area contributed by atoms with E-state index in [4.69, 9.17) is 9.47 Å². The summed E-state index contributed by atoms with van der Waals surface area (Å²) in [7, 11) is 2.15. The zero-order valence-corrected chi connectivity index (χ0v) is 17.9. The molecular formula is C20H28N4O4S. The van der Waals surface area contributed by atoms with Gasteiger partial charge in [0.2, 0.25) is 10.0 Å².